The first-order valence-electron chi connectivity index (χ1n) is 8.17. The zero-order valence-electron chi connectivity index (χ0n) is 13.5. The van der Waals surface area contributed by atoms with Crippen molar-refractivity contribution in [2.24, 2.45) is 0 Å². The first kappa shape index (κ1) is 15.3. The molecule has 1 spiro atoms. The van der Waals surface area contributed by atoms with Crippen molar-refractivity contribution in [2.45, 2.75) is 37.8 Å². The van der Waals surface area contributed by atoms with Gasteiger partial charge in [0, 0.05) is 0 Å². The Labute approximate surface area is 144 Å². The van der Waals surface area contributed by atoms with Gasteiger partial charge in [-0.05, 0) is 25.0 Å². The van der Waals surface area contributed by atoms with E-state index in [2.05, 4.69) is 15.5 Å². The molecule has 0 radical (unpaired) electrons. The van der Waals surface area contributed by atoms with Gasteiger partial charge in [-0.2, -0.15) is 5.26 Å². The molecule has 0 unspecified atom stereocenters. The van der Waals surface area contributed by atoms with E-state index in [4.69, 9.17) is 5.26 Å². The fraction of sp³-hybridized carbons (Fsp3) is 0.353. The number of nitrogens with one attached hydrogen (secondary N) is 1. The summed E-state index contributed by atoms with van der Waals surface area (Å²) in [5, 5.41) is 19.4. The van der Waals surface area contributed by atoms with Gasteiger partial charge in [0.25, 0.3) is 5.91 Å². The van der Waals surface area contributed by atoms with E-state index in [1.54, 1.807) is 11.0 Å². The number of carbonyl (C=O) groups is 2. The Morgan fingerprint density at radius 1 is 1.32 bits per heavy atom. The molecule has 1 N–H and O–H groups in total. The second kappa shape index (κ2) is 5.70. The van der Waals surface area contributed by atoms with Crippen molar-refractivity contribution in [3.63, 3.8) is 0 Å². The average Bonchev–Trinajstić information content (AvgIpc) is 3.26. The highest BCUT2D eigenvalue weighted by molar-refractivity contribution is 6.14. The van der Waals surface area contributed by atoms with Gasteiger partial charge >= 0.3 is 0 Å². The third kappa shape index (κ3) is 2.28. The molecule has 2 aromatic rings. The minimum atomic E-state index is -0.855. The number of fused-ring (bicyclic) bond motifs is 1. The maximum atomic E-state index is 13.2. The lowest BCUT2D eigenvalue weighted by Crippen LogP contribution is -2.61. The van der Waals surface area contributed by atoms with Crippen LogP contribution in [0.25, 0.3) is 0 Å². The molecule has 1 aromatic carbocycles. The number of hydrogen-bond donors (Lipinski definition) is 1. The Morgan fingerprint density at radius 2 is 2.08 bits per heavy atom. The van der Waals surface area contributed by atoms with Crippen molar-refractivity contribution in [2.75, 3.05) is 10.2 Å². The number of para-hydroxylation sites is 2. The Bertz CT molecular complexity index is 891. The summed E-state index contributed by atoms with van der Waals surface area (Å²) in [5.74, 6) is -0.314. The minimum Gasteiger partial charge on any atom is -0.322 e. The van der Waals surface area contributed by atoms with Crippen LogP contribution in [0.3, 0.4) is 0 Å². The summed E-state index contributed by atoms with van der Waals surface area (Å²) in [6.45, 7) is -0.0841. The van der Waals surface area contributed by atoms with Crippen molar-refractivity contribution >= 4 is 23.2 Å². The number of anilines is 2. The molecule has 4 rings (SSSR count). The quantitative estimate of drug-likeness (QED) is 0.894. The molecule has 8 nitrogen and oxygen atoms in total. The summed E-state index contributed by atoms with van der Waals surface area (Å²) < 4.78 is 1.40. The number of amides is 2. The Kier molecular flexibility index (Phi) is 3.50. The lowest BCUT2D eigenvalue weighted by Gasteiger charge is -2.44. The molecule has 0 bridgehead atoms. The summed E-state index contributed by atoms with van der Waals surface area (Å²) in [6, 6.07) is 9.20. The largest absolute Gasteiger partial charge is 0.322 e. The van der Waals surface area contributed by atoms with Crippen LogP contribution >= 0.6 is 0 Å². The van der Waals surface area contributed by atoms with E-state index in [9.17, 15) is 9.59 Å². The fourth-order valence-electron chi connectivity index (χ4n) is 3.80. The molecule has 1 aromatic heterocycles. The second-order valence-electron chi connectivity index (χ2n) is 6.33. The Balaban J connectivity index is 1.77. The lowest BCUT2D eigenvalue weighted by molar-refractivity contribution is -0.127. The SMILES string of the molecule is N#Cc1nncn1CC(=O)N1c2ccccc2NC(=O)C12CCCC2. The monoisotopic (exact) mass is 336 g/mol. The van der Waals surface area contributed by atoms with Crippen molar-refractivity contribution in [1.82, 2.24) is 14.8 Å². The highest BCUT2D eigenvalue weighted by Crippen LogP contribution is 2.45. The van der Waals surface area contributed by atoms with Crippen LogP contribution in [0.2, 0.25) is 0 Å². The van der Waals surface area contributed by atoms with Gasteiger partial charge in [0.15, 0.2) is 0 Å². The normalized spacial score (nSPS) is 17.9. The maximum absolute atomic E-state index is 13.2. The molecular formula is C17H16N6O2. The van der Waals surface area contributed by atoms with E-state index in [0.717, 1.165) is 12.8 Å². The van der Waals surface area contributed by atoms with Gasteiger partial charge in [0.1, 0.15) is 24.5 Å². The zero-order valence-corrected chi connectivity index (χ0v) is 13.5. The number of hydrogen-bond acceptors (Lipinski definition) is 5. The molecule has 2 amide bonds. The van der Waals surface area contributed by atoms with E-state index in [-0.39, 0.29) is 24.2 Å². The average molecular weight is 336 g/mol. The molecule has 2 heterocycles. The molecule has 1 saturated carbocycles. The topological polar surface area (TPSA) is 104 Å². The molecule has 1 aliphatic heterocycles. The van der Waals surface area contributed by atoms with Gasteiger partial charge in [-0.3, -0.25) is 19.1 Å². The highest BCUT2D eigenvalue weighted by atomic mass is 16.2. The molecule has 1 fully saturated rings. The first-order chi connectivity index (χ1) is 12.2. The van der Waals surface area contributed by atoms with Crippen molar-refractivity contribution in [1.29, 1.82) is 5.26 Å². The van der Waals surface area contributed by atoms with Crippen LogP contribution in [0.4, 0.5) is 11.4 Å². The van der Waals surface area contributed by atoms with E-state index in [1.807, 2.05) is 24.3 Å². The number of rotatable bonds is 2. The van der Waals surface area contributed by atoms with Gasteiger partial charge in [-0.1, -0.05) is 25.0 Å². The Hall–Kier alpha value is -3.21. The standard InChI is InChI=1S/C17H16N6O2/c18-9-14-21-19-11-22(14)10-15(24)23-13-6-2-1-5-12(13)20-16(25)17(23)7-3-4-8-17/h1-2,5-6,11H,3-4,7-8,10H2,(H,20,25). The summed E-state index contributed by atoms with van der Waals surface area (Å²) in [6.07, 6.45) is 4.41. The predicted molar refractivity (Wildman–Crippen MR) is 88.5 cm³/mol. The third-order valence-corrected chi connectivity index (χ3v) is 4.95. The van der Waals surface area contributed by atoms with Crippen molar-refractivity contribution in [3.8, 4) is 6.07 Å². The van der Waals surface area contributed by atoms with E-state index in [0.29, 0.717) is 24.2 Å². The molecule has 25 heavy (non-hydrogen) atoms. The van der Waals surface area contributed by atoms with Crippen LogP contribution in [0.1, 0.15) is 31.5 Å². The predicted octanol–water partition coefficient (Wildman–Crippen LogP) is 1.45. The molecule has 2 aliphatic rings. The minimum absolute atomic E-state index is 0.0727. The van der Waals surface area contributed by atoms with Crippen LogP contribution in [-0.2, 0) is 16.1 Å². The number of nitrogens with zero attached hydrogens (tertiary/aromatic N) is 5. The van der Waals surface area contributed by atoms with Crippen molar-refractivity contribution in [3.05, 3.63) is 36.4 Å². The van der Waals surface area contributed by atoms with E-state index < -0.39 is 5.54 Å². The summed E-state index contributed by atoms with van der Waals surface area (Å²) in [5.41, 5.74) is 0.468. The summed E-state index contributed by atoms with van der Waals surface area (Å²) in [7, 11) is 0. The first-order valence-corrected chi connectivity index (χ1v) is 8.17. The third-order valence-electron chi connectivity index (χ3n) is 4.95. The molecular weight excluding hydrogens is 320 g/mol. The van der Waals surface area contributed by atoms with Crippen LogP contribution in [-0.4, -0.2) is 32.1 Å². The van der Waals surface area contributed by atoms with Gasteiger partial charge in [-0.15, -0.1) is 10.2 Å². The number of aromatic nitrogens is 3. The molecule has 8 heteroatoms. The zero-order chi connectivity index (χ0) is 17.4. The molecule has 0 saturated heterocycles. The summed E-state index contributed by atoms with van der Waals surface area (Å²) >= 11 is 0. The van der Waals surface area contributed by atoms with Gasteiger partial charge < -0.3 is 5.32 Å². The van der Waals surface area contributed by atoms with Crippen LogP contribution < -0.4 is 10.2 Å². The van der Waals surface area contributed by atoms with Gasteiger partial charge in [-0.25, -0.2) is 0 Å². The van der Waals surface area contributed by atoms with Gasteiger partial charge in [0.05, 0.1) is 11.4 Å². The lowest BCUT2D eigenvalue weighted by atomic mass is 9.89. The molecule has 1 aliphatic carbocycles. The number of carbonyl (C=O) groups excluding carboxylic acids is 2. The number of nitriles is 1. The number of benzene rings is 1. The summed E-state index contributed by atoms with van der Waals surface area (Å²) in [4.78, 5) is 27.6. The highest BCUT2D eigenvalue weighted by Gasteiger charge is 2.52. The van der Waals surface area contributed by atoms with E-state index >= 15 is 0 Å². The van der Waals surface area contributed by atoms with Crippen molar-refractivity contribution < 1.29 is 9.59 Å². The van der Waals surface area contributed by atoms with Gasteiger partial charge in [0.2, 0.25) is 11.7 Å². The smallest absolute Gasteiger partial charge is 0.250 e. The molecule has 0 atom stereocenters. The van der Waals surface area contributed by atoms with Crippen LogP contribution in [0.5, 0.6) is 0 Å². The molecule has 126 valence electrons. The Morgan fingerprint density at radius 3 is 2.84 bits per heavy atom. The van der Waals surface area contributed by atoms with E-state index in [1.165, 1.54) is 10.9 Å². The second-order valence-corrected chi connectivity index (χ2v) is 6.33. The van der Waals surface area contributed by atoms with Crippen LogP contribution in [0, 0.1) is 11.3 Å². The van der Waals surface area contributed by atoms with Crippen LogP contribution in [0.15, 0.2) is 30.6 Å². The maximum Gasteiger partial charge on any atom is 0.250 e. The fourth-order valence-corrected chi connectivity index (χ4v) is 3.80.